The number of ether oxygens (including phenoxy) is 1. The highest BCUT2D eigenvalue weighted by Crippen LogP contribution is 2.41. The fourth-order valence-electron chi connectivity index (χ4n) is 2.83. The van der Waals surface area contributed by atoms with Gasteiger partial charge < -0.3 is 14.6 Å². The Hall–Kier alpha value is -2.66. The number of nitrogens with zero attached hydrogens (tertiary/aromatic N) is 2. The minimum Gasteiger partial charge on any atom is -0.489 e. The van der Waals surface area contributed by atoms with Gasteiger partial charge in [0.2, 0.25) is 6.39 Å². The molecule has 2 unspecified atom stereocenters. The molecule has 1 fully saturated rings. The van der Waals surface area contributed by atoms with Crippen molar-refractivity contribution in [2.75, 3.05) is 0 Å². The molecule has 1 heterocycles. The van der Waals surface area contributed by atoms with Crippen molar-refractivity contribution in [2.45, 2.75) is 31.5 Å². The minimum absolute atomic E-state index is 0.486. The third-order valence-corrected chi connectivity index (χ3v) is 4.28. The zero-order valence-electron chi connectivity index (χ0n) is 13.3. The van der Waals surface area contributed by atoms with Crippen LogP contribution in [0.25, 0.3) is 0 Å². The summed E-state index contributed by atoms with van der Waals surface area (Å²) in [6, 6.07) is 19.1. The number of aromatic nitrogens is 2. The summed E-state index contributed by atoms with van der Waals surface area (Å²) < 4.78 is 10.6. The van der Waals surface area contributed by atoms with Gasteiger partial charge in [-0.2, -0.15) is 4.98 Å². The zero-order valence-corrected chi connectivity index (χ0v) is 13.3. The Bertz CT molecular complexity index is 757. The van der Waals surface area contributed by atoms with E-state index >= 15 is 0 Å². The van der Waals surface area contributed by atoms with Crippen molar-refractivity contribution in [3.8, 4) is 5.75 Å². The second-order valence-corrected chi connectivity index (χ2v) is 6.02. The van der Waals surface area contributed by atoms with E-state index < -0.39 is 0 Å². The van der Waals surface area contributed by atoms with Crippen molar-refractivity contribution in [3.05, 3.63) is 77.9 Å². The molecule has 0 bridgehead atoms. The van der Waals surface area contributed by atoms with Crippen LogP contribution in [-0.2, 0) is 13.2 Å². The second-order valence-electron chi connectivity index (χ2n) is 6.02. The SMILES string of the molecule is c1ccc(COc2ccc(C3CC3NCc3ncon3)cc2)cc1. The molecule has 5 heteroatoms. The molecule has 1 saturated carbocycles. The van der Waals surface area contributed by atoms with E-state index in [1.807, 2.05) is 30.3 Å². The van der Waals surface area contributed by atoms with Gasteiger partial charge in [-0.3, -0.25) is 0 Å². The van der Waals surface area contributed by atoms with Gasteiger partial charge in [0.05, 0.1) is 6.54 Å². The molecular weight excluding hydrogens is 302 g/mol. The Morgan fingerprint density at radius 3 is 2.67 bits per heavy atom. The Morgan fingerprint density at radius 1 is 1.08 bits per heavy atom. The molecule has 1 N–H and O–H groups in total. The number of nitrogens with one attached hydrogen (secondary N) is 1. The molecule has 0 amide bonds. The van der Waals surface area contributed by atoms with E-state index in [-0.39, 0.29) is 0 Å². The van der Waals surface area contributed by atoms with E-state index in [1.165, 1.54) is 17.5 Å². The van der Waals surface area contributed by atoms with Gasteiger partial charge >= 0.3 is 0 Å². The Kier molecular flexibility index (Phi) is 4.25. The van der Waals surface area contributed by atoms with Crippen LogP contribution in [0.3, 0.4) is 0 Å². The lowest BCUT2D eigenvalue weighted by Gasteiger charge is -2.07. The highest BCUT2D eigenvalue weighted by Gasteiger charge is 2.37. The van der Waals surface area contributed by atoms with Crippen molar-refractivity contribution in [2.24, 2.45) is 0 Å². The lowest BCUT2D eigenvalue weighted by molar-refractivity contribution is 0.306. The molecule has 24 heavy (non-hydrogen) atoms. The number of hydrogen-bond donors (Lipinski definition) is 1. The molecular formula is C19H19N3O2. The summed E-state index contributed by atoms with van der Waals surface area (Å²) in [6.45, 7) is 1.24. The van der Waals surface area contributed by atoms with Gasteiger partial charge in [-0.25, -0.2) is 0 Å². The first-order chi connectivity index (χ1) is 11.9. The number of hydrogen-bond acceptors (Lipinski definition) is 5. The summed E-state index contributed by atoms with van der Waals surface area (Å²) >= 11 is 0. The zero-order chi connectivity index (χ0) is 16.2. The quantitative estimate of drug-likeness (QED) is 0.723. The van der Waals surface area contributed by atoms with E-state index in [1.54, 1.807) is 0 Å². The standard InChI is InChI=1S/C19H19N3O2/c1-2-4-14(5-3-1)12-23-16-8-6-15(7-9-16)17-10-18(17)20-11-19-21-13-24-22-19/h1-9,13,17-18,20H,10-12H2. The molecule has 1 aromatic heterocycles. The summed E-state index contributed by atoms with van der Waals surface area (Å²) in [4.78, 5) is 4.01. The van der Waals surface area contributed by atoms with Crippen LogP contribution in [0.1, 0.15) is 29.3 Å². The predicted molar refractivity (Wildman–Crippen MR) is 89.5 cm³/mol. The molecule has 0 aliphatic heterocycles. The van der Waals surface area contributed by atoms with E-state index in [0.717, 1.165) is 12.2 Å². The minimum atomic E-state index is 0.486. The van der Waals surface area contributed by atoms with Crippen LogP contribution in [0.15, 0.2) is 65.5 Å². The van der Waals surface area contributed by atoms with E-state index in [9.17, 15) is 0 Å². The third kappa shape index (κ3) is 3.63. The highest BCUT2D eigenvalue weighted by atomic mass is 16.5. The Morgan fingerprint density at radius 2 is 1.92 bits per heavy atom. The van der Waals surface area contributed by atoms with Crippen LogP contribution in [-0.4, -0.2) is 16.2 Å². The molecule has 2 atom stereocenters. The largest absolute Gasteiger partial charge is 0.489 e. The molecule has 0 saturated heterocycles. The van der Waals surface area contributed by atoms with Crippen LogP contribution < -0.4 is 10.1 Å². The Balaban J connectivity index is 1.27. The van der Waals surface area contributed by atoms with Gasteiger partial charge in [-0.1, -0.05) is 47.6 Å². The van der Waals surface area contributed by atoms with Crippen LogP contribution in [0.5, 0.6) is 5.75 Å². The maximum absolute atomic E-state index is 5.83. The molecule has 5 nitrogen and oxygen atoms in total. The summed E-state index contributed by atoms with van der Waals surface area (Å²) in [5.74, 6) is 2.16. The molecule has 1 aliphatic rings. The van der Waals surface area contributed by atoms with Crippen molar-refractivity contribution < 1.29 is 9.26 Å². The lowest BCUT2D eigenvalue weighted by Crippen LogP contribution is -2.18. The summed E-state index contributed by atoms with van der Waals surface area (Å²) in [6.07, 6.45) is 2.50. The average Bonchev–Trinajstić information content (AvgIpc) is 3.23. The fourth-order valence-corrected chi connectivity index (χ4v) is 2.83. The van der Waals surface area contributed by atoms with Crippen LogP contribution in [0.4, 0.5) is 0 Å². The van der Waals surface area contributed by atoms with Gasteiger partial charge in [-0.05, 0) is 29.7 Å². The van der Waals surface area contributed by atoms with Crippen molar-refractivity contribution >= 4 is 0 Å². The smallest absolute Gasteiger partial charge is 0.213 e. The lowest BCUT2D eigenvalue weighted by atomic mass is 10.1. The number of rotatable bonds is 7. The monoisotopic (exact) mass is 321 g/mol. The van der Waals surface area contributed by atoms with E-state index in [0.29, 0.717) is 30.9 Å². The van der Waals surface area contributed by atoms with Crippen LogP contribution in [0, 0.1) is 0 Å². The average molecular weight is 321 g/mol. The highest BCUT2D eigenvalue weighted by molar-refractivity contribution is 5.34. The van der Waals surface area contributed by atoms with E-state index in [2.05, 4.69) is 39.7 Å². The van der Waals surface area contributed by atoms with Crippen molar-refractivity contribution in [1.82, 2.24) is 15.5 Å². The first-order valence-corrected chi connectivity index (χ1v) is 8.14. The van der Waals surface area contributed by atoms with Crippen molar-refractivity contribution in [1.29, 1.82) is 0 Å². The van der Waals surface area contributed by atoms with Crippen molar-refractivity contribution in [3.63, 3.8) is 0 Å². The predicted octanol–water partition coefficient (Wildman–Crippen LogP) is 3.29. The molecule has 122 valence electrons. The molecule has 1 aliphatic carbocycles. The third-order valence-electron chi connectivity index (χ3n) is 4.28. The summed E-state index contributed by atoms with van der Waals surface area (Å²) in [5.41, 5.74) is 2.52. The topological polar surface area (TPSA) is 60.2 Å². The van der Waals surface area contributed by atoms with Crippen LogP contribution in [0.2, 0.25) is 0 Å². The number of benzene rings is 2. The summed E-state index contributed by atoms with van der Waals surface area (Å²) in [7, 11) is 0. The van der Waals surface area contributed by atoms with Gasteiger partial charge in [-0.15, -0.1) is 0 Å². The molecule has 0 spiro atoms. The fraction of sp³-hybridized carbons (Fsp3) is 0.263. The summed E-state index contributed by atoms with van der Waals surface area (Å²) in [5, 5.41) is 7.26. The molecule has 0 radical (unpaired) electrons. The van der Waals surface area contributed by atoms with E-state index in [4.69, 9.17) is 9.26 Å². The first-order valence-electron chi connectivity index (χ1n) is 8.14. The Labute approximate surface area is 140 Å². The molecule has 2 aromatic carbocycles. The maximum Gasteiger partial charge on any atom is 0.213 e. The van der Waals surface area contributed by atoms with Gasteiger partial charge in [0.15, 0.2) is 5.82 Å². The molecule has 4 rings (SSSR count). The first kappa shape index (κ1) is 14.9. The van der Waals surface area contributed by atoms with Gasteiger partial charge in [0, 0.05) is 12.0 Å². The van der Waals surface area contributed by atoms with Gasteiger partial charge in [0.25, 0.3) is 0 Å². The maximum atomic E-state index is 5.83. The van der Waals surface area contributed by atoms with Crippen LogP contribution >= 0.6 is 0 Å². The van der Waals surface area contributed by atoms with Gasteiger partial charge in [0.1, 0.15) is 12.4 Å². The molecule has 3 aromatic rings. The second kappa shape index (κ2) is 6.84. The normalized spacial score (nSPS) is 19.2.